The minimum Gasteiger partial charge on any atom is -0.388 e. The molecular weight excluding hydrogens is 245 g/mol. The van der Waals surface area contributed by atoms with Gasteiger partial charge in [0.1, 0.15) is 11.5 Å². The Bertz CT molecular complexity index is 593. The van der Waals surface area contributed by atoms with Gasteiger partial charge < -0.3 is 10.6 Å². The van der Waals surface area contributed by atoms with Crippen LogP contribution in [0.3, 0.4) is 0 Å². The summed E-state index contributed by atoms with van der Waals surface area (Å²) in [7, 11) is 1.75. The number of rotatable bonds is 3. The fraction of sp³-hybridized carbons (Fsp3) is 0.143. The number of nitrogens with one attached hydrogen (secondary N) is 2. The number of amides is 1. The van der Waals surface area contributed by atoms with Gasteiger partial charge in [-0.05, 0) is 30.7 Å². The molecule has 4 nitrogen and oxygen atoms in total. The third kappa shape index (κ3) is 2.88. The maximum absolute atomic E-state index is 13.6. The Kier molecular flexibility index (Phi) is 3.75. The van der Waals surface area contributed by atoms with Crippen molar-refractivity contribution in [2.45, 2.75) is 6.92 Å². The van der Waals surface area contributed by atoms with E-state index in [1.807, 2.05) is 0 Å². The van der Waals surface area contributed by atoms with E-state index in [1.54, 1.807) is 38.2 Å². The SMILES string of the molecule is CNc1ccnc(C(=O)Nc2c(C)cccc2F)c1. The van der Waals surface area contributed by atoms with Crippen molar-refractivity contribution in [3.8, 4) is 0 Å². The van der Waals surface area contributed by atoms with E-state index in [1.165, 1.54) is 12.3 Å². The first-order valence-corrected chi connectivity index (χ1v) is 5.82. The van der Waals surface area contributed by atoms with Crippen LogP contribution in [0.15, 0.2) is 36.5 Å². The van der Waals surface area contributed by atoms with Crippen LogP contribution in [0.1, 0.15) is 16.1 Å². The van der Waals surface area contributed by atoms with E-state index in [4.69, 9.17) is 0 Å². The van der Waals surface area contributed by atoms with Crippen molar-refractivity contribution in [1.29, 1.82) is 0 Å². The molecule has 0 aliphatic rings. The van der Waals surface area contributed by atoms with Crippen LogP contribution in [0, 0.1) is 12.7 Å². The second-order valence-corrected chi connectivity index (χ2v) is 4.07. The summed E-state index contributed by atoms with van der Waals surface area (Å²) in [6.45, 7) is 1.73. The maximum Gasteiger partial charge on any atom is 0.274 e. The summed E-state index contributed by atoms with van der Waals surface area (Å²) in [5.41, 5.74) is 1.85. The van der Waals surface area contributed by atoms with Crippen LogP contribution in [-0.2, 0) is 0 Å². The molecule has 2 aromatic rings. The lowest BCUT2D eigenvalue weighted by Crippen LogP contribution is -2.15. The molecule has 0 fully saturated rings. The maximum atomic E-state index is 13.6. The molecule has 2 N–H and O–H groups in total. The van der Waals surface area contributed by atoms with E-state index in [2.05, 4.69) is 15.6 Å². The molecule has 1 aromatic carbocycles. The topological polar surface area (TPSA) is 54.0 Å². The number of carbonyl (C=O) groups is 1. The quantitative estimate of drug-likeness (QED) is 0.891. The van der Waals surface area contributed by atoms with E-state index in [0.717, 1.165) is 5.69 Å². The number of para-hydroxylation sites is 1. The summed E-state index contributed by atoms with van der Waals surface area (Å²) < 4.78 is 13.6. The number of anilines is 2. The first kappa shape index (κ1) is 13.0. The van der Waals surface area contributed by atoms with E-state index in [-0.39, 0.29) is 11.4 Å². The van der Waals surface area contributed by atoms with Gasteiger partial charge in [0.25, 0.3) is 5.91 Å². The Labute approximate surface area is 110 Å². The molecule has 0 radical (unpaired) electrons. The Morgan fingerprint density at radius 2 is 2.11 bits per heavy atom. The molecule has 0 bridgehead atoms. The van der Waals surface area contributed by atoms with E-state index >= 15 is 0 Å². The van der Waals surface area contributed by atoms with Gasteiger partial charge in [-0.2, -0.15) is 0 Å². The normalized spacial score (nSPS) is 10.1. The molecule has 0 saturated carbocycles. The average molecular weight is 259 g/mol. The average Bonchev–Trinajstić information content (AvgIpc) is 2.43. The van der Waals surface area contributed by atoms with E-state index in [0.29, 0.717) is 5.56 Å². The van der Waals surface area contributed by atoms with Gasteiger partial charge in [0, 0.05) is 18.9 Å². The highest BCUT2D eigenvalue weighted by Gasteiger charge is 2.12. The first-order chi connectivity index (χ1) is 9.11. The second-order valence-electron chi connectivity index (χ2n) is 4.07. The first-order valence-electron chi connectivity index (χ1n) is 5.82. The minimum absolute atomic E-state index is 0.184. The monoisotopic (exact) mass is 259 g/mol. The zero-order chi connectivity index (χ0) is 13.8. The number of hydrogen-bond donors (Lipinski definition) is 2. The van der Waals surface area contributed by atoms with Crippen LogP contribution in [-0.4, -0.2) is 17.9 Å². The summed E-state index contributed by atoms with van der Waals surface area (Å²) in [4.78, 5) is 16.0. The van der Waals surface area contributed by atoms with Crippen LogP contribution in [0.2, 0.25) is 0 Å². The Balaban J connectivity index is 2.25. The van der Waals surface area contributed by atoms with Crippen molar-refractivity contribution in [3.05, 3.63) is 53.6 Å². The highest BCUT2D eigenvalue weighted by Crippen LogP contribution is 2.19. The molecule has 0 saturated heterocycles. The van der Waals surface area contributed by atoms with Gasteiger partial charge in [0.15, 0.2) is 0 Å². The smallest absolute Gasteiger partial charge is 0.274 e. The molecule has 1 aromatic heterocycles. The van der Waals surface area contributed by atoms with Gasteiger partial charge in [-0.15, -0.1) is 0 Å². The summed E-state index contributed by atoms with van der Waals surface area (Å²) in [6.07, 6.45) is 1.52. The fourth-order valence-corrected chi connectivity index (χ4v) is 1.68. The van der Waals surface area contributed by atoms with Crippen LogP contribution < -0.4 is 10.6 Å². The molecule has 1 heterocycles. The molecule has 0 atom stereocenters. The number of hydrogen-bond acceptors (Lipinski definition) is 3. The Hall–Kier alpha value is -2.43. The van der Waals surface area contributed by atoms with E-state index < -0.39 is 11.7 Å². The van der Waals surface area contributed by atoms with Crippen molar-refractivity contribution >= 4 is 17.3 Å². The predicted octanol–water partition coefficient (Wildman–Crippen LogP) is 2.82. The van der Waals surface area contributed by atoms with Gasteiger partial charge in [-0.3, -0.25) is 9.78 Å². The molecule has 0 spiro atoms. The molecule has 19 heavy (non-hydrogen) atoms. The second kappa shape index (κ2) is 5.48. The lowest BCUT2D eigenvalue weighted by Gasteiger charge is -2.09. The summed E-state index contributed by atoms with van der Waals surface area (Å²) in [6, 6.07) is 7.98. The fourth-order valence-electron chi connectivity index (χ4n) is 1.68. The molecule has 0 aliphatic heterocycles. The van der Waals surface area contributed by atoms with E-state index in [9.17, 15) is 9.18 Å². The molecule has 2 rings (SSSR count). The Morgan fingerprint density at radius 3 is 2.79 bits per heavy atom. The van der Waals surface area contributed by atoms with Crippen LogP contribution >= 0.6 is 0 Å². The molecule has 0 unspecified atom stereocenters. The largest absolute Gasteiger partial charge is 0.388 e. The third-order valence-corrected chi connectivity index (χ3v) is 2.74. The summed E-state index contributed by atoms with van der Waals surface area (Å²) in [5.74, 6) is -0.900. The van der Waals surface area contributed by atoms with Gasteiger partial charge in [-0.1, -0.05) is 12.1 Å². The van der Waals surface area contributed by atoms with Crippen molar-refractivity contribution in [1.82, 2.24) is 4.98 Å². The summed E-state index contributed by atoms with van der Waals surface area (Å²) >= 11 is 0. The van der Waals surface area contributed by atoms with Crippen molar-refractivity contribution in [3.63, 3.8) is 0 Å². The number of carbonyl (C=O) groups excluding carboxylic acids is 1. The Morgan fingerprint density at radius 1 is 1.32 bits per heavy atom. The standard InChI is InChI=1S/C14H14FN3O/c1-9-4-3-5-11(15)13(9)18-14(19)12-8-10(16-2)6-7-17-12/h3-8H,1-2H3,(H,16,17)(H,18,19). The molecule has 0 aliphatic carbocycles. The number of pyridine rings is 1. The highest BCUT2D eigenvalue weighted by molar-refractivity contribution is 6.03. The number of aryl methyl sites for hydroxylation is 1. The van der Waals surface area contributed by atoms with Crippen molar-refractivity contribution in [2.75, 3.05) is 17.7 Å². The summed E-state index contributed by atoms with van der Waals surface area (Å²) in [5, 5.41) is 5.46. The number of aromatic nitrogens is 1. The molecule has 98 valence electrons. The van der Waals surface area contributed by atoms with Gasteiger partial charge in [0.2, 0.25) is 0 Å². The molecular formula is C14H14FN3O. The number of halogens is 1. The molecule has 1 amide bonds. The van der Waals surface area contributed by atoms with Crippen LogP contribution in [0.4, 0.5) is 15.8 Å². The lowest BCUT2D eigenvalue weighted by atomic mass is 10.2. The van der Waals surface area contributed by atoms with Gasteiger partial charge in [-0.25, -0.2) is 4.39 Å². The number of nitrogens with zero attached hydrogens (tertiary/aromatic N) is 1. The lowest BCUT2D eigenvalue weighted by molar-refractivity contribution is 0.102. The molecule has 5 heteroatoms. The highest BCUT2D eigenvalue weighted by atomic mass is 19.1. The zero-order valence-electron chi connectivity index (χ0n) is 10.7. The minimum atomic E-state index is -0.460. The van der Waals surface area contributed by atoms with Crippen molar-refractivity contribution in [2.24, 2.45) is 0 Å². The third-order valence-electron chi connectivity index (χ3n) is 2.74. The van der Waals surface area contributed by atoms with Crippen LogP contribution in [0.5, 0.6) is 0 Å². The number of benzene rings is 1. The van der Waals surface area contributed by atoms with Crippen LogP contribution in [0.25, 0.3) is 0 Å². The zero-order valence-corrected chi connectivity index (χ0v) is 10.7. The van der Waals surface area contributed by atoms with Gasteiger partial charge in [0.05, 0.1) is 5.69 Å². The predicted molar refractivity (Wildman–Crippen MR) is 72.9 cm³/mol. The van der Waals surface area contributed by atoms with Gasteiger partial charge >= 0.3 is 0 Å². The van der Waals surface area contributed by atoms with Crippen molar-refractivity contribution < 1.29 is 9.18 Å².